The fourth-order valence-electron chi connectivity index (χ4n) is 9.16. The highest BCUT2D eigenvalue weighted by Gasteiger charge is 2.36. The quantitative estimate of drug-likeness (QED) is 0.169. The number of furan rings is 1. The van der Waals surface area contributed by atoms with Crippen LogP contribution in [0.15, 0.2) is 205 Å². The highest BCUT2D eigenvalue weighted by molar-refractivity contribution is 6.20. The Morgan fingerprint density at radius 1 is 0.386 bits per heavy atom. The smallest absolute Gasteiger partial charge is 0.137 e. The van der Waals surface area contributed by atoms with E-state index in [2.05, 4.69) is 219 Å². The lowest BCUT2D eigenvalue weighted by atomic mass is 9.82. The van der Waals surface area contributed by atoms with Crippen LogP contribution in [-0.4, -0.2) is 0 Å². The van der Waals surface area contributed by atoms with Crippen molar-refractivity contribution in [3.8, 4) is 44.5 Å². The van der Waals surface area contributed by atoms with Gasteiger partial charge in [0.2, 0.25) is 0 Å². The lowest BCUT2D eigenvalue weighted by Crippen LogP contribution is -2.17. The minimum absolute atomic E-state index is 0.148. The Balaban J connectivity index is 1.17. The van der Waals surface area contributed by atoms with Crippen LogP contribution in [0.2, 0.25) is 0 Å². The molecule has 10 aromatic rings. The zero-order valence-electron chi connectivity index (χ0n) is 31.9. The topological polar surface area (TPSA) is 16.4 Å². The number of hydrogen-bond acceptors (Lipinski definition) is 2. The van der Waals surface area contributed by atoms with E-state index >= 15 is 0 Å². The molecule has 0 fully saturated rings. The maximum Gasteiger partial charge on any atom is 0.137 e. The Labute approximate surface area is 332 Å². The van der Waals surface area contributed by atoms with Crippen molar-refractivity contribution in [1.82, 2.24) is 0 Å². The Morgan fingerprint density at radius 2 is 0.965 bits per heavy atom. The zero-order chi connectivity index (χ0) is 38.1. The van der Waals surface area contributed by atoms with Gasteiger partial charge in [0.1, 0.15) is 11.2 Å². The Kier molecular flexibility index (Phi) is 7.55. The summed E-state index contributed by atoms with van der Waals surface area (Å²) in [5.41, 5.74) is 17.2. The minimum Gasteiger partial charge on any atom is -0.456 e. The molecule has 0 N–H and O–H groups in total. The second-order valence-electron chi connectivity index (χ2n) is 15.7. The van der Waals surface area contributed by atoms with E-state index in [1.807, 2.05) is 0 Å². The van der Waals surface area contributed by atoms with Gasteiger partial charge in [0.05, 0.1) is 5.69 Å². The van der Waals surface area contributed by atoms with Gasteiger partial charge < -0.3 is 9.32 Å². The molecule has 57 heavy (non-hydrogen) atoms. The molecule has 0 saturated heterocycles. The predicted molar refractivity (Wildman–Crippen MR) is 240 cm³/mol. The van der Waals surface area contributed by atoms with Gasteiger partial charge in [-0.05, 0) is 97.2 Å². The second-order valence-corrected chi connectivity index (χ2v) is 15.7. The summed E-state index contributed by atoms with van der Waals surface area (Å²) in [4.78, 5) is 2.43. The molecule has 0 atom stereocenters. The van der Waals surface area contributed by atoms with Crippen LogP contribution >= 0.6 is 0 Å². The van der Waals surface area contributed by atoms with Crippen molar-refractivity contribution in [3.05, 3.63) is 211 Å². The summed E-state index contributed by atoms with van der Waals surface area (Å²) in [5.74, 6) is 0. The predicted octanol–water partition coefficient (Wildman–Crippen LogP) is 15.5. The first-order valence-corrected chi connectivity index (χ1v) is 19.8. The standard InChI is InChI=1S/C55H39NO/c1-55(2)49-20-12-11-19-45(49)46-31-30-43(33-50(46)55)56(42-28-25-39(26-29-42)37-15-7-4-8-16-37)51-35-53-48(54-44-18-10-9-17-40(44)27-32-52(54)57-53)34-47(51)41-23-21-38(22-24-41)36-13-5-3-6-14-36/h3-35H,1-2H3. The van der Waals surface area contributed by atoms with Crippen molar-refractivity contribution in [1.29, 1.82) is 0 Å². The molecule has 1 heterocycles. The molecule has 9 aromatic carbocycles. The SMILES string of the molecule is CC1(C)c2ccccc2-c2ccc(N(c3ccc(-c4ccccc4)cc3)c3cc4oc5ccc6ccccc6c5c4cc3-c3ccc(-c4ccccc4)cc3)cc21. The van der Waals surface area contributed by atoms with Crippen molar-refractivity contribution in [2.45, 2.75) is 19.3 Å². The molecular weight excluding hydrogens is 691 g/mol. The minimum atomic E-state index is -0.148. The first-order chi connectivity index (χ1) is 28.0. The van der Waals surface area contributed by atoms with Crippen LogP contribution < -0.4 is 4.90 Å². The van der Waals surface area contributed by atoms with Gasteiger partial charge in [0, 0.05) is 39.2 Å². The largest absolute Gasteiger partial charge is 0.456 e. The average Bonchev–Trinajstić information content (AvgIpc) is 3.75. The van der Waals surface area contributed by atoms with Crippen molar-refractivity contribution >= 4 is 49.8 Å². The average molecular weight is 730 g/mol. The van der Waals surface area contributed by atoms with Gasteiger partial charge in [-0.25, -0.2) is 0 Å². The van der Waals surface area contributed by atoms with E-state index in [-0.39, 0.29) is 5.41 Å². The fourth-order valence-corrected chi connectivity index (χ4v) is 9.16. The normalized spacial score (nSPS) is 12.9. The summed E-state index contributed by atoms with van der Waals surface area (Å²) in [5, 5.41) is 4.65. The van der Waals surface area contributed by atoms with Gasteiger partial charge in [-0.3, -0.25) is 0 Å². The fraction of sp³-hybridized carbons (Fsp3) is 0.0545. The van der Waals surface area contributed by atoms with E-state index in [0.29, 0.717) is 0 Å². The molecule has 0 saturated carbocycles. The van der Waals surface area contributed by atoms with E-state index in [1.54, 1.807) is 0 Å². The number of nitrogens with zero attached hydrogens (tertiary/aromatic N) is 1. The molecule has 1 aliphatic carbocycles. The molecule has 0 radical (unpaired) electrons. The van der Waals surface area contributed by atoms with Gasteiger partial charge in [-0.15, -0.1) is 0 Å². The van der Waals surface area contributed by atoms with Crippen LogP contribution in [-0.2, 0) is 5.41 Å². The van der Waals surface area contributed by atoms with E-state index in [9.17, 15) is 0 Å². The summed E-state index contributed by atoms with van der Waals surface area (Å²) < 4.78 is 6.79. The number of anilines is 3. The van der Waals surface area contributed by atoms with Crippen molar-refractivity contribution in [2.75, 3.05) is 4.90 Å². The molecule has 0 amide bonds. The summed E-state index contributed by atoms with van der Waals surface area (Å²) in [6, 6.07) is 72.6. The Bertz CT molecular complexity index is 3120. The molecule has 0 bridgehead atoms. The molecule has 1 aliphatic rings. The molecule has 2 nitrogen and oxygen atoms in total. The number of hydrogen-bond donors (Lipinski definition) is 0. The van der Waals surface area contributed by atoms with E-state index < -0.39 is 0 Å². The van der Waals surface area contributed by atoms with Crippen molar-refractivity contribution in [2.24, 2.45) is 0 Å². The lowest BCUT2D eigenvalue weighted by Gasteiger charge is -2.30. The molecule has 0 unspecified atom stereocenters. The maximum absolute atomic E-state index is 6.79. The lowest BCUT2D eigenvalue weighted by molar-refractivity contribution is 0.660. The maximum atomic E-state index is 6.79. The number of fused-ring (bicyclic) bond motifs is 8. The summed E-state index contributed by atoms with van der Waals surface area (Å²) in [7, 11) is 0. The molecule has 270 valence electrons. The number of benzene rings is 9. The molecule has 11 rings (SSSR count). The second kappa shape index (κ2) is 13.0. The van der Waals surface area contributed by atoms with E-state index in [0.717, 1.165) is 50.1 Å². The van der Waals surface area contributed by atoms with Gasteiger partial charge in [0.15, 0.2) is 0 Å². The van der Waals surface area contributed by atoms with Gasteiger partial charge in [-0.1, -0.05) is 172 Å². The molecule has 0 spiro atoms. The Morgan fingerprint density at radius 3 is 1.70 bits per heavy atom. The zero-order valence-corrected chi connectivity index (χ0v) is 31.9. The van der Waals surface area contributed by atoms with Crippen LogP contribution in [0.4, 0.5) is 17.1 Å². The Hall–Kier alpha value is -7.16. The third-order valence-electron chi connectivity index (χ3n) is 12.1. The highest BCUT2D eigenvalue weighted by Crippen LogP contribution is 2.52. The summed E-state index contributed by atoms with van der Waals surface area (Å²) in [6.45, 7) is 4.70. The van der Waals surface area contributed by atoms with Gasteiger partial charge >= 0.3 is 0 Å². The van der Waals surface area contributed by atoms with Crippen molar-refractivity contribution in [3.63, 3.8) is 0 Å². The van der Waals surface area contributed by atoms with Gasteiger partial charge in [-0.2, -0.15) is 0 Å². The van der Waals surface area contributed by atoms with Crippen molar-refractivity contribution < 1.29 is 4.42 Å². The highest BCUT2D eigenvalue weighted by atomic mass is 16.3. The first-order valence-electron chi connectivity index (χ1n) is 19.8. The number of rotatable bonds is 6. The molecule has 0 aliphatic heterocycles. The molecular formula is C55H39NO. The monoisotopic (exact) mass is 729 g/mol. The molecule has 2 heteroatoms. The van der Waals surface area contributed by atoms with E-state index in [1.165, 1.54) is 55.3 Å². The third kappa shape index (κ3) is 5.40. The van der Waals surface area contributed by atoms with Crippen LogP contribution in [0.1, 0.15) is 25.0 Å². The third-order valence-corrected chi connectivity index (χ3v) is 12.1. The van der Waals surface area contributed by atoms with Crippen LogP contribution in [0, 0.1) is 0 Å². The first kappa shape index (κ1) is 33.2. The van der Waals surface area contributed by atoms with E-state index in [4.69, 9.17) is 4.42 Å². The summed E-state index contributed by atoms with van der Waals surface area (Å²) in [6.07, 6.45) is 0. The summed E-state index contributed by atoms with van der Waals surface area (Å²) >= 11 is 0. The van der Waals surface area contributed by atoms with Crippen LogP contribution in [0.3, 0.4) is 0 Å². The molecule has 1 aromatic heterocycles. The van der Waals surface area contributed by atoms with Gasteiger partial charge in [0.25, 0.3) is 0 Å². The van der Waals surface area contributed by atoms with Crippen LogP contribution in [0.5, 0.6) is 0 Å². The van der Waals surface area contributed by atoms with Crippen LogP contribution in [0.25, 0.3) is 77.2 Å².